The van der Waals surface area contributed by atoms with E-state index in [2.05, 4.69) is 25.0 Å². The van der Waals surface area contributed by atoms with Crippen LogP contribution >= 0.6 is 0 Å². The zero-order valence-corrected chi connectivity index (χ0v) is 15.0. The number of ether oxygens (including phenoxy) is 1. The van der Waals surface area contributed by atoms with Crippen molar-refractivity contribution < 1.29 is 13.7 Å². The van der Waals surface area contributed by atoms with Crippen LogP contribution in [0.1, 0.15) is 24.3 Å². The van der Waals surface area contributed by atoms with E-state index in [1.165, 1.54) is 12.4 Å². The second-order valence-electron chi connectivity index (χ2n) is 6.61. The fourth-order valence-electron chi connectivity index (χ4n) is 3.23. The second-order valence-corrected chi connectivity index (χ2v) is 6.61. The molecule has 0 bridgehead atoms. The van der Waals surface area contributed by atoms with Gasteiger partial charge in [0.05, 0.1) is 13.3 Å². The van der Waals surface area contributed by atoms with Gasteiger partial charge in [0.15, 0.2) is 5.67 Å². The summed E-state index contributed by atoms with van der Waals surface area (Å²) in [5.41, 5.74) is -0.00628. The quantitative estimate of drug-likeness (QED) is 0.684. The summed E-state index contributed by atoms with van der Waals surface area (Å²) in [6, 6.07) is 7.92. The van der Waals surface area contributed by atoms with E-state index in [0.29, 0.717) is 31.6 Å². The van der Waals surface area contributed by atoms with Crippen LogP contribution in [0.3, 0.4) is 0 Å². The number of aromatic nitrogens is 4. The normalized spacial score (nSPS) is 17.0. The van der Waals surface area contributed by atoms with Gasteiger partial charge < -0.3 is 9.26 Å². The molecule has 1 aliphatic heterocycles. The van der Waals surface area contributed by atoms with E-state index in [9.17, 15) is 0 Å². The van der Waals surface area contributed by atoms with Crippen molar-refractivity contribution >= 4 is 0 Å². The summed E-state index contributed by atoms with van der Waals surface area (Å²) in [5, 5.41) is 3.86. The molecule has 0 amide bonds. The maximum absolute atomic E-state index is 15.4. The van der Waals surface area contributed by atoms with Gasteiger partial charge in [-0.05, 0) is 17.7 Å². The number of piperidine rings is 1. The molecule has 3 aromatic rings. The fourth-order valence-corrected chi connectivity index (χ4v) is 3.23. The van der Waals surface area contributed by atoms with Crippen molar-refractivity contribution in [2.45, 2.75) is 25.1 Å². The molecule has 3 heterocycles. The smallest absolute Gasteiger partial charge is 0.264 e. The molecule has 1 aromatic carbocycles. The van der Waals surface area contributed by atoms with Crippen molar-refractivity contribution in [1.29, 1.82) is 0 Å². The number of hydrogen-bond donors (Lipinski definition) is 0. The lowest BCUT2D eigenvalue weighted by Crippen LogP contribution is -2.40. The number of hydrogen-bond acceptors (Lipinski definition) is 7. The van der Waals surface area contributed by atoms with Gasteiger partial charge in [0.2, 0.25) is 5.82 Å². The first-order valence-electron chi connectivity index (χ1n) is 8.81. The predicted molar refractivity (Wildman–Crippen MR) is 95.6 cm³/mol. The van der Waals surface area contributed by atoms with Gasteiger partial charge in [0, 0.05) is 44.9 Å². The fraction of sp³-hybridized carbons (Fsp3) is 0.368. The summed E-state index contributed by atoms with van der Waals surface area (Å²) in [7, 11) is 1.65. The minimum absolute atomic E-state index is 0.0178. The first-order valence-corrected chi connectivity index (χ1v) is 8.81. The number of likely N-dealkylation sites (tertiary alicyclic amines) is 1. The van der Waals surface area contributed by atoms with Crippen LogP contribution in [0.4, 0.5) is 4.39 Å². The van der Waals surface area contributed by atoms with Crippen LogP contribution in [-0.2, 0) is 12.2 Å². The highest BCUT2D eigenvalue weighted by molar-refractivity contribution is 5.45. The molecule has 1 fully saturated rings. The van der Waals surface area contributed by atoms with Crippen LogP contribution in [0.5, 0.6) is 5.75 Å². The first-order chi connectivity index (χ1) is 13.2. The molecule has 4 rings (SSSR count). The average Bonchev–Trinajstić information content (AvgIpc) is 3.22. The molecule has 7 nitrogen and oxygen atoms in total. The molecular formula is C19H20FN5O2. The summed E-state index contributed by atoms with van der Waals surface area (Å²) < 4.78 is 25.9. The number of rotatable bonds is 5. The molecule has 0 aliphatic carbocycles. The van der Waals surface area contributed by atoms with Crippen LogP contribution in [0.15, 0.2) is 47.4 Å². The first kappa shape index (κ1) is 17.5. The number of methoxy groups -OCH3 is 1. The lowest BCUT2D eigenvalue weighted by molar-refractivity contribution is 0.0250. The monoisotopic (exact) mass is 369 g/mol. The zero-order valence-electron chi connectivity index (χ0n) is 15.0. The lowest BCUT2D eigenvalue weighted by atomic mass is 9.93. The Morgan fingerprint density at radius 2 is 2.11 bits per heavy atom. The number of halogens is 1. The Balaban J connectivity index is 1.41. The lowest BCUT2D eigenvalue weighted by Gasteiger charge is -2.34. The van der Waals surface area contributed by atoms with Crippen LogP contribution in [0.25, 0.3) is 11.5 Å². The molecule has 0 atom stereocenters. The number of nitrogens with zero attached hydrogens (tertiary/aromatic N) is 5. The van der Waals surface area contributed by atoms with Gasteiger partial charge in [-0.25, -0.2) is 9.37 Å². The van der Waals surface area contributed by atoms with Gasteiger partial charge in [0.25, 0.3) is 5.89 Å². The summed E-state index contributed by atoms with van der Waals surface area (Å²) in [6.07, 6.45) is 5.22. The van der Waals surface area contributed by atoms with Gasteiger partial charge in [0.1, 0.15) is 11.4 Å². The standard InChI is InChI=1S/C19H20FN5O2/c1-26-15-4-2-3-14(11-15)13-25-9-5-19(20,6-10-25)18-23-17(24-27-18)16-12-21-7-8-22-16/h2-4,7-8,11-12H,5-6,9-10,13H2,1H3. The molecular weight excluding hydrogens is 349 g/mol. The number of benzene rings is 1. The van der Waals surface area contributed by atoms with Gasteiger partial charge in [-0.2, -0.15) is 4.98 Å². The van der Waals surface area contributed by atoms with E-state index in [1.807, 2.05) is 24.3 Å². The Kier molecular flexibility index (Phi) is 4.81. The van der Waals surface area contributed by atoms with Crippen LogP contribution in [0.2, 0.25) is 0 Å². The molecule has 1 aliphatic rings. The minimum Gasteiger partial charge on any atom is -0.497 e. The molecule has 8 heteroatoms. The van der Waals surface area contributed by atoms with Crippen molar-refractivity contribution in [3.8, 4) is 17.3 Å². The minimum atomic E-state index is -1.61. The van der Waals surface area contributed by atoms with Crippen LogP contribution in [0, 0.1) is 0 Å². The van der Waals surface area contributed by atoms with Gasteiger partial charge in [-0.1, -0.05) is 17.3 Å². The molecule has 1 saturated heterocycles. The third kappa shape index (κ3) is 3.80. The van der Waals surface area contributed by atoms with E-state index < -0.39 is 5.67 Å². The van der Waals surface area contributed by atoms with Crippen molar-refractivity contribution in [3.63, 3.8) is 0 Å². The topological polar surface area (TPSA) is 77.2 Å². The second kappa shape index (κ2) is 7.40. The van der Waals surface area contributed by atoms with Crippen molar-refractivity contribution in [1.82, 2.24) is 25.0 Å². The zero-order chi connectivity index (χ0) is 18.7. The van der Waals surface area contributed by atoms with Crippen molar-refractivity contribution in [2.75, 3.05) is 20.2 Å². The summed E-state index contributed by atoms with van der Waals surface area (Å²) in [5.74, 6) is 1.10. The van der Waals surface area contributed by atoms with Crippen LogP contribution in [-0.4, -0.2) is 45.2 Å². The van der Waals surface area contributed by atoms with Crippen molar-refractivity contribution in [2.24, 2.45) is 0 Å². The maximum atomic E-state index is 15.4. The SMILES string of the molecule is COc1cccc(CN2CCC(F)(c3nc(-c4cnccn4)no3)CC2)c1. The molecule has 140 valence electrons. The van der Waals surface area contributed by atoms with E-state index in [4.69, 9.17) is 9.26 Å². The van der Waals surface area contributed by atoms with Crippen molar-refractivity contribution in [3.05, 3.63) is 54.3 Å². The van der Waals surface area contributed by atoms with Crippen LogP contribution < -0.4 is 4.74 Å². The van der Waals surface area contributed by atoms with E-state index in [0.717, 1.165) is 17.9 Å². The van der Waals surface area contributed by atoms with Gasteiger partial charge in [-0.3, -0.25) is 9.88 Å². The largest absolute Gasteiger partial charge is 0.497 e. The van der Waals surface area contributed by atoms with E-state index >= 15 is 4.39 Å². The predicted octanol–water partition coefficient (Wildman–Crippen LogP) is 3.00. The Hall–Kier alpha value is -2.87. The maximum Gasteiger partial charge on any atom is 0.264 e. The molecule has 2 aromatic heterocycles. The summed E-state index contributed by atoms with van der Waals surface area (Å²) in [6.45, 7) is 1.97. The molecule has 0 unspecified atom stereocenters. The summed E-state index contributed by atoms with van der Waals surface area (Å²) >= 11 is 0. The highest BCUT2D eigenvalue weighted by Crippen LogP contribution is 2.37. The Labute approximate surface area is 156 Å². The highest BCUT2D eigenvalue weighted by atomic mass is 19.1. The Morgan fingerprint density at radius 3 is 2.85 bits per heavy atom. The third-order valence-corrected chi connectivity index (χ3v) is 4.79. The Bertz CT molecular complexity index is 894. The van der Waals surface area contributed by atoms with E-state index in [-0.39, 0.29) is 11.7 Å². The highest BCUT2D eigenvalue weighted by Gasteiger charge is 2.41. The molecule has 0 spiro atoms. The Morgan fingerprint density at radius 1 is 1.26 bits per heavy atom. The molecule has 27 heavy (non-hydrogen) atoms. The van der Waals surface area contributed by atoms with E-state index in [1.54, 1.807) is 13.3 Å². The molecule has 0 radical (unpaired) electrons. The number of alkyl halides is 1. The summed E-state index contributed by atoms with van der Waals surface area (Å²) in [4.78, 5) is 14.5. The van der Waals surface area contributed by atoms with Gasteiger partial charge in [-0.15, -0.1) is 0 Å². The van der Waals surface area contributed by atoms with Gasteiger partial charge >= 0.3 is 0 Å². The average molecular weight is 369 g/mol. The molecule has 0 N–H and O–H groups in total. The molecule has 0 saturated carbocycles. The third-order valence-electron chi connectivity index (χ3n) is 4.79.